The molecule has 214 valence electrons. The van der Waals surface area contributed by atoms with E-state index in [1.807, 2.05) is 6.92 Å². The fourth-order valence-corrected chi connectivity index (χ4v) is 5.69. The van der Waals surface area contributed by atoms with Gasteiger partial charge in [0.2, 0.25) is 11.8 Å². The molecule has 0 bridgehead atoms. The van der Waals surface area contributed by atoms with Crippen LogP contribution in [0.15, 0.2) is 71.6 Å². The first-order valence-corrected chi connectivity index (χ1v) is 15.0. The van der Waals surface area contributed by atoms with Crippen molar-refractivity contribution < 1.29 is 22.7 Å². The van der Waals surface area contributed by atoms with Gasteiger partial charge in [0, 0.05) is 18.1 Å². The number of carbonyl (C=O) groups excluding carboxylic acids is 2. The number of benzene rings is 3. The molecule has 8 nitrogen and oxygen atoms in total. The van der Waals surface area contributed by atoms with Gasteiger partial charge < -0.3 is 15.0 Å². The van der Waals surface area contributed by atoms with Crippen LogP contribution in [-0.4, -0.2) is 51.4 Å². The molecule has 3 aromatic carbocycles. The Labute approximate surface area is 249 Å². The summed E-state index contributed by atoms with van der Waals surface area (Å²) >= 11 is 18.3. The Morgan fingerprint density at radius 1 is 0.950 bits per heavy atom. The predicted octanol–water partition coefficient (Wildman–Crippen LogP) is 5.79. The molecule has 0 saturated heterocycles. The van der Waals surface area contributed by atoms with Crippen LogP contribution in [0.5, 0.6) is 5.75 Å². The van der Waals surface area contributed by atoms with Crippen molar-refractivity contribution in [3.8, 4) is 5.75 Å². The summed E-state index contributed by atoms with van der Waals surface area (Å²) < 4.78 is 33.8. The Balaban J connectivity index is 2.02. The maximum Gasteiger partial charge on any atom is 0.264 e. The summed E-state index contributed by atoms with van der Waals surface area (Å²) in [7, 11) is -2.74. The number of ether oxygens (including phenoxy) is 1. The maximum absolute atomic E-state index is 13.9. The third-order valence-corrected chi connectivity index (χ3v) is 8.87. The molecule has 0 aliphatic carbocycles. The lowest BCUT2D eigenvalue weighted by Crippen LogP contribution is -2.51. The van der Waals surface area contributed by atoms with E-state index in [1.165, 1.54) is 60.5 Å². The minimum absolute atomic E-state index is 0.00647. The number of methoxy groups -OCH3 is 1. The standard InChI is InChI=1S/C28H30Cl3N3O5S/c1-4-15-32-28(36)19(2)33(17-20-5-14-25(30)26(31)16-20)27(35)18-34(22-8-6-21(29)7-9-22)40(37,38)24-12-10-23(39-3)11-13-24/h5-14,16,19H,4,15,17-18H2,1-3H3,(H,32,36)/t19-/m0/s1. The second-order valence-electron chi connectivity index (χ2n) is 8.90. The smallest absolute Gasteiger partial charge is 0.264 e. The lowest BCUT2D eigenvalue weighted by molar-refractivity contribution is -0.139. The molecule has 0 saturated carbocycles. The normalized spacial score (nSPS) is 11.9. The highest BCUT2D eigenvalue weighted by atomic mass is 35.5. The van der Waals surface area contributed by atoms with Crippen LogP contribution < -0.4 is 14.4 Å². The van der Waals surface area contributed by atoms with Gasteiger partial charge in [-0.05, 0) is 79.6 Å². The monoisotopic (exact) mass is 625 g/mol. The highest BCUT2D eigenvalue weighted by Crippen LogP contribution is 2.28. The third-order valence-electron chi connectivity index (χ3n) is 6.09. The summed E-state index contributed by atoms with van der Waals surface area (Å²) in [6.45, 7) is 3.35. The van der Waals surface area contributed by atoms with Crippen LogP contribution in [-0.2, 0) is 26.2 Å². The number of carbonyl (C=O) groups is 2. The number of hydrogen-bond acceptors (Lipinski definition) is 5. The summed E-state index contributed by atoms with van der Waals surface area (Å²) in [5, 5.41) is 3.83. The van der Waals surface area contributed by atoms with Gasteiger partial charge in [-0.2, -0.15) is 0 Å². The number of nitrogens with one attached hydrogen (secondary N) is 1. The van der Waals surface area contributed by atoms with Gasteiger partial charge in [0.15, 0.2) is 0 Å². The van der Waals surface area contributed by atoms with E-state index in [0.717, 1.165) is 4.31 Å². The lowest BCUT2D eigenvalue weighted by atomic mass is 10.1. The maximum atomic E-state index is 13.9. The summed E-state index contributed by atoms with van der Waals surface area (Å²) in [5.74, 6) is -0.489. The molecular formula is C28H30Cl3N3O5S. The molecule has 12 heteroatoms. The van der Waals surface area contributed by atoms with E-state index in [-0.39, 0.29) is 23.0 Å². The van der Waals surface area contributed by atoms with E-state index in [9.17, 15) is 18.0 Å². The number of nitrogens with zero attached hydrogens (tertiary/aromatic N) is 2. The third kappa shape index (κ3) is 7.81. The zero-order chi connectivity index (χ0) is 29.4. The minimum Gasteiger partial charge on any atom is -0.497 e. The molecule has 0 spiro atoms. The summed E-state index contributed by atoms with van der Waals surface area (Å²) in [5.41, 5.74) is 0.847. The molecule has 2 amide bonds. The zero-order valence-electron chi connectivity index (χ0n) is 22.2. The van der Waals surface area contributed by atoms with Crippen LogP contribution >= 0.6 is 34.8 Å². The van der Waals surface area contributed by atoms with Crippen molar-refractivity contribution in [3.63, 3.8) is 0 Å². The number of sulfonamides is 1. The molecular weight excluding hydrogens is 597 g/mol. The molecule has 0 radical (unpaired) electrons. The Kier molecular flexibility index (Phi) is 11.1. The van der Waals surface area contributed by atoms with Crippen molar-refractivity contribution in [2.75, 3.05) is 24.5 Å². The zero-order valence-corrected chi connectivity index (χ0v) is 25.3. The highest BCUT2D eigenvalue weighted by molar-refractivity contribution is 7.92. The van der Waals surface area contributed by atoms with Crippen LogP contribution in [0.2, 0.25) is 15.1 Å². The summed E-state index contributed by atoms with van der Waals surface area (Å²) in [4.78, 5) is 28.1. The fraction of sp³-hybridized carbons (Fsp3) is 0.286. The van der Waals surface area contributed by atoms with Crippen LogP contribution in [0.3, 0.4) is 0 Å². The first-order chi connectivity index (χ1) is 19.0. The Hall–Kier alpha value is -2.98. The van der Waals surface area contributed by atoms with E-state index in [1.54, 1.807) is 25.1 Å². The summed E-state index contributed by atoms with van der Waals surface area (Å²) in [6.07, 6.45) is 0.712. The molecule has 0 aliphatic rings. The number of anilines is 1. The van der Waals surface area contributed by atoms with Gasteiger partial charge >= 0.3 is 0 Å². The molecule has 0 fully saturated rings. The molecule has 40 heavy (non-hydrogen) atoms. The second kappa shape index (κ2) is 14.1. The van der Waals surface area contributed by atoms with E-state index in [4.69, 9.17) is 39.5 Å². The summed E-state index contributed by atoms with van der Waals surface area (Å²) in [6, 6.07) is 15.9. The van der Waals surface area contributed by atoms with Crippen molar-refractivity contribution in [1.29, 1.82) is 0 Å². The predicted molar refractivity (Wildman–Crippen MR) is 159 cm³/mol. The second-order valence-corrected chi connectivity index (χ2v) is 12.0. The van der Waals surface area contributed by atoms with E-state index in [0.29, 0.717) is 39.3 Å². The van der Waals surface area contributed by atoms with Crippen LogP contribution in [0.25, 0.3) is 0 Å². The van der Waals surface area contributed by atoms with Crippen LogP contribution in [0, 0.1) is 0 Å². The number of halogens is 3. The Morgan fingerprint density at radius 3 is 2.17 bits per heavy atom. The van der Waals surface area contributed by atoms with Gasteiger partial charge in [-0.15, -0.1) is 0 Å². The van der Waals surface area contributed by atoms with Gasteiger partial charge in [0.25, 0.3) is 10.0 Å². The fourth-order valence-electron chi connectivity index (χ4n) is 3.82. The first kappa shape index (κ1) is 31.5. The van der Waals surface area contributed by atoms with Crippen LogP contribution in [0.4, 0.5) is 5.69 Å². The highest BCUT2D eigenvalue weighted by Gasteiger charge is 2.32. The number of hydrogen-bond donors (Lipinski definition) is 1. The molecule has 0 unspecified atom stereocenters. The Morgan fingerprint density at radius 2 is 1.60 bits per heavy atom. The SMILES string of the molecule is CCCNC(=O)[C@H](C)N(Cc1ccc(Cl)c(Cl)c1)C(=O)CN(c1ccc(Cl)cc1)S(=O)(=O)c1ccc(OC)cc1. The average Bonchev–Trinajstić information content (AvgIpc) is 2.95. The molecule has 1 atom stereocenters. The topological polar surface area (TPSA) is 96.0 Å². The van der Waals surface area contributed by atoms with Crippen molar-refractivity contribution >= 4 is 62.3 Å². The molecule has 1 N–H and O–H groups in total. The van der Waals surface area contributed by atoms with Crippen molar-refractivity contribution in [2.45, 2.75) is 37.8 Å². The molecule has 3 aromatic rings. The van der Waals surface area contributed by atoms with Gasteiger partial charge in [-0.25, -0.2) is 8.42 Å². The van der Waals surface area contributed by atoms with Gasteiger partial charge in [-0.1, -0.05) is 47.8 Å². The van der Waals surface area contributed by atoms with Gasteiger partial charge in [0.05, 0.1) is 27.7 Å². The first-order valence-electron chi connectivity index (χ1n) is 12.4. The number of rotatable bonds is 12. The molecule has 0 aliphatic heterocycles. The van der Waals surface area contributed by atoms with E-state index in [2.05, 4.69) is 5.32 Å². The minimum atomic E-state index is -4.22. The van der Waals surface area contributed by atoms with E-state index < -0.39 is 28.5 Å². The van der Waals surface area contributed by atoms with E-state index >= 15 is 0 Å². The van der Waals surface area contributed by atoms with Crippen molar-refractivity contribution in [2.24, 2.45) is 0 Å². The Bertz CT molecular complexity index is 1430. The molecule has 0 aromatic heterocycles. The lowest BCUT2D eigenvalue weighted by Gasteiger charge is -2.32. The quantitative estimate of drug-likeness (QED) is 0.274. The van der Waals surface area contributed by atoms with Gasteiger partial charge in [0.1, 0.15) is 18.3 Å². The average molecular weight is 627 g/mol. The molecule has 0 heterocycles. The van der Waals surface area contributed by atoms with Crippen LogP contribution in [0.1, 0.15) is 25.8 Å². The molecule has 3 rings (SSSR count). The number of amides is 2. The van der Waals surface area contributed by atoms with Crippen molar-refractivity contribution in [3.05, 3.63) is 87.4 Å². The van der Waals surface area contributed by atoms with Gasteiger partial charge in [-0.3, -0.25) is 13.9 Å². The van der Waals surface area contributed by atoms with Crippen molar-refractivity contribution in [1.82, 2.24) is 10.2 Å². The largest absolute Gasteiger partial charge is 0.497 e.